The van der Waals surface area contributed by atoms with Gasteiger partial charge in [0.2, 0.25) is 11.9 Å². The van der Waals surface area contributed by atoms with Crippen LogP contribution in [0.2, 0.25) is 0 Å². The van der Waals surface area contributed by atoms with Gasteiger partial charge in [0.15, 0.2) is 0 Å². The molecular weight excluding hydrogens is 356 g/mol. The average Bonchev–Trinajstić information content (AvgIpc) is 3.11. The van der Waals surface area contributed by atoms with Crippen molar-refractivity contribution in [3.8, 4) is 0 Å². The summed E-state index contributed by atoms with van der Waals surface area (Å²) in [6.45, 7) is 4.53. The average molecular weight is 382 g/mol. The molecule has 7 heteroatoms. The topological polar surface area (TPSA) is 87.3 Å². The molecule has 7 nitrogen and oxygen atoms in total. The minimum Gasteiger partial charge on any atom is -0.378 e. The van der Waals surface area contributed by atoms with Crippen LogP contribution < -0.4 is 15.8 Å². The molecule has 148 valence electrons. The Hall–Kier alpha value is -2.67. The molecule has 1 aromatic heterocycles. The van der Waals surface area contributed by atoms with Crippen LogP contribution in [0.3, 0.4) is 0 Å². The van der Waals surface area contributed by atoms with Crippen molar-refractivity contribution in [1.29, 1.82) is 0 Å². The summed E-state index contributed by atoms with van der Waals surface area (Å²) in [5.41, 5.74) is 3.63. The number of carbonyl (C=O) groups is 1. The van der Waals surface area contributed by atoms with Crippen LogP contribution in [0.15, 0.2) is 29.1 Å². The van der Waals surface area contributed by atoms with Crippen molar-refractivity contribution in [2.45, 2.75) is 38.6 Å². The van der Waals surface area contributed by atoms with Crippen LogP contribution in [0.5, 0.6) is 0 Å². The number of fused-ring (bicyclic) bond motifs is 1. The van der Waals surface area contributed by atoms with Gasteiger partial charge in [-0.1, -0.05) is 24.3 Å². The minimum absolute atomic E-state index is 0.0299. The number of H-pyrrole nitrogens is 1. The van der Waals surface area contributed by atoms with E-state index in [1.807, 2.05) is 24.0 Å². The molecule has 0 saturated carbocycles. The van der Waals surface area contributed by atoms with E-state index >= 15 is 0 Å². The Morgan fingerprint density at radius 3 is 2.89 bits per heavy atom. The maximum Gasteiger partial charge on any atom is 0.255 e. The van der Waals surface area contributed by atoms with Crippen molar-refractivity contribution in [3.63, 3.8) is 0 Å². The molecule has 0 radical (unpaired) electrons. The number of aromatic nitrogens is 2. The second-order valence-corrected chi connectivity index (χ2v) is 7.41. The number of hydrogen-bond acceptors (Lipinski definition) is 5. The first kappa shape index (κ1) is 18.7. The molecule has 1 saturated heterocycles. The maximum absolute atomic E-state index is 12.5. The fourth-order valence-corrected chi connectivity index (χ4v) is 4.03. The van der Waals surface area contributed by atoms with Crippen molar-refractivity contribution < 1.29 is 9.53 Å². The SMILES string of the molecule is Cc1nc(N2CCOCC2)[nH]c(=O)c1CCC(=O)N[C@@H]1CCc2ccccc21. The number of rotatable bonds is 5. The molecule has 2 aliphatic rings. The molecule has 1 fully saturated rings. The summed E-state index contributed by atoms with van der Waals surface area (Å²) in [6.07, 6.45) is 2.59. The number of benzene rings is 1. The van der Waals surface area contributed by atoms with Crippen molar-refractivity contribution in [1.82, 2.24) is 15.3 Å². The molecule has 1 aromatic carbocycles. The zero-order chi connectivity index (χ0) is 19.5. The van der Waals surface area contributed by atoms with E-state index in [-0.39, 0.29) is 23.9 Å². The van der Waals surface area contributed by atoms with E-state index in [0.717, 1.165) is 12.8 Å². The predicted octanol–water partition coefficient (Wildman–Crippen LogP) is 1.65. The Morgan fingerprint density at radius 2 is 2.11 bits per heavy atom. The molecule has 0 bridgehead atoms. The van der Waals surface area contributed by atoms with Crippen LogP contribution in [-0.2, 0) is 22.4 Å². The molecule has 28 heavy (non-hydrogen) atoms. The summed E-state index contributed by atoms with van der Waals surface area (Å²) in [5.74, 6) is 0.555. The lowest BCUT2D eigenvalue weighted by Crippen LogP contribution is -2.38. The number of hydrogen-bond donors (Lipinski definition) is 2. The third-order valence-corrected chi connectivity index (χ3v) is 5.59. The molecule has 1 amide bonds. The molecule has 1 atom stereocenters. The number of aryl methyl sites for hydroxylation is 2. The fraction of sp³-hybridized carbons (Fsp3) is 0.476. The van der Waals surface area contributed by atoms with Gasteiger partial charge in [-0.25, -0.2) is 4.98 Å². The largest absolute Gasteiger partial charge is 0.378 e. The standard InChI is InChI=1S/C21H26N4O3/c1-14-16(20(27)24-21(22-14)25-10-12-28-13-11-25)7-9-19(26)23-18-8-6-15-4-2-3-5-17(15)18/h2-5,18H,6-13H2,1H3,(H,23,26)(H,22,24,27)/t18-/m1/s1. The molecule has 2 aromatic rings. The lowest BCUT2D eigenvalue weighted by molar-refractivity contribution is -0.121. The van der Waals surface area contributed by atoms with E-state index in [1.54, 1.807) is 0 Å². The number of nitrogens with zero attached hydrogens (tertiary/aromatic N) is 2. The van der Waals surface area contributed by atoms with Crippen LogP contribution in [0, 0.1) is 6.92 Å². The van der Waals surface area contributed by atoms with E-state index in [0.29, 0.717) is 49.9 Å². The number of aromatic amines is 1. The minimum atomic E-state index is -0.159. The molecule has 1 aliphatic carbocycles. The Morgan fingerprint density at radius 1 is 1.32 bits per heavy atom. The maximum atomic E-state index is 12.5. The van der Waals surface area contributed by atoms with Crippen molar-refractivity contribution in [3.05, 3.63) is 57.0 Å². The van der Waals surface area contributed by atoms with Crippen LogP contribution in [0.4, 0.5) is 5.95 Å². The van der Waals surface area contributed by atoms with Crippen molar-refractivity contribution in [2.24, 2.45) is 0 Å². The zero-order valence-electron chi connectivity index (χ0n) is 16.2. The van der Waals surface area contributed by atoms with E-state index in [2.05, 4.69) is 27.4 Å². The lowest BCUT2D eigenvalue weighted by atomic mass is 10.1. The summed E-state index contributed by atoms with van der Waals surface area (Å²) in [6, 6.07) is 8.31. The normalized spacial score (nSPS) is 18.8. The first-order valence-electron chi connectivity index (χ1n) is 9.91. The summed E-state index contributed by atoms with van der Waals surface area (Å²) >= 11 is 0. The van der Waals surface area contributed by atoms with Gasteiger partial charge in [-0.15, -0.1) is 0 Å². The van der Waals surface area contributed by atoms with Gasteiger partial charge < -0.3 is 15.0 Å². The first-order chi connectivity index (χ1) is 13.6. The van der Waals surface area contributed by atoms with Gasteiger partial charge in [-0.2, -0.15) is 0 Å². The van der Waals surface area contributed by atoms with E-state index < -0.39 is 0 Å². The van der Waals surface area contributed by atoms with E-state index in [4.69, 9.17) is 4.74 Å². The van der Waals surface area contributed by atoms with Gasteiger partial charge in [0.25, 0.3) is 5.56 Å². The second-order valence-electron chi connectivity index (χ2n) is 7.41. The summed E-state index contributed by atoms with van der Waals surface area (Å²) in [5, 5.41) is 3.11. The van der Waals surface area contributed by atoms with Gasteiger partial charge in [-0.05, 0) is 37.3 Å². The summed E-state index contributed by atoms with van der Waals surface area (Å²) < 4.78 is 5.34. The first-order valence-corrected chi connectivity index (χ1v) is 9.91. The van der Waals surface area contributed by atoms with E-state index in [9.17, 15) is 9.59 Å². The number of morpholine rings is 1. The quantitative estimate of drug-likeness (QED) is 0.821. The highest BCUT2D eigenvalue weighted by Gasteiger charge is 2.23. The number of anilines is 1. The van der Waals surface area contributed by atoms with Crippen LogP contribution in [-0.4, -0.2) is 42.2 Å². The molecule has 2 heterocycles. The Bertz CT molecular complexity index is 918. The molecule has 4 rings (SSSR count). The van der Waals surface area contributed by atoms with Gasteiger partial charge in [0, 0.05) is 30.8 Å². The molecule has 0 unspecified atom stereocenters. The third kappa shape index (κ3) is 3.94. The summed E-state index contributed by atoms with van der Waals surface area (Å²) in [7, 11) is 0. The molecule has 0 spiro atoms. The van der Waals surface area contributed by atoms with Gasteiger partial charge in [0.1, 0.15) is 0 Å². The molecule has 1 aliphatic heterocycles. The van der Waals surface area contributed by atoms with Gasteiger partial charge in [-0.3, -0.25) is 14.6 Å². The Balaban J connectivity index is 1.38. The van der Waals surface area contributed by atoms with Crippen LogP contribution in [0.25, 0.3) is 0 Å². The lowest BCUT2D eigenvalue weighted by Gasteiger charge is -2.27. The Kier molecular flexibility index (Phi) is 5.43. The molecular formula is C21H26N4O3. The van der Waals surface area contributed by atoms with Crippen LogP contribution >= 0.6 is 0 Å². The number of carbonyl (C=O) groups excluding carboxylic acids is 1. The third-order valence-electron chi connectivity index (χ3n) is 5.59. The number of nitrogens with one attached hydrogen (secondary N) is 2. The van der Waals surface area contributed by atoms with Gasteiger partial charge >= 0.3 is 0 Å². The highest BCUT2D eigenvalue weighted by Crippen LogP contribution is 2.30. The zero-order valence-corrected chi connectivity index (χ0v) is 16.2. The molecule has 2 N–H and O–H groups in total. The predicted molar refractivity (Wildman–Crippen MR) is 107 cm³/mol. The number of ether oxygens (including phenoxy) is 1. The highest BCUT2D eigenvalue weighted by molar-refractivity contribution is 5.77. The van der Waals surface area contributed by atoms with Gasteiger partial charge in [0.05, 0.1) is 19.3 Å². The van der Waals surface area contributed by atoms with Crippen molar-refractivity contribution in [2.75, 3.05) is 31.2 Å². The highest BCUT2D eigenvalue weighted by atomic mass is 16.5. The monoisotopic (exact) mass is 382 g/mol. The second kappa shape index (κ2) is 8.14. The van der Waals surface area contributed by atoms with Crippen molar-refractivity contribution >= 4 is 11.9 Å². The summed E-state index contributed by atoms with van der Waals surface area (Å²) in [4.78, 5) is 34.4. The number of amides is 1. The Labute approximate surface area is 164 Å². The van der Waals surface area contributed by atoms with Crippen LogP contribution in [0.1, 0.15) is 41.3 Å². The fourth-order valence-electron chi connectivity index (χ4n) is 4.03. The van der Waals surface area contributed by atoms with E-state index in [1.165, 1.54) is 11.1 Å². The smallest absolute Gasteiger partial charge is 0.255 e.